The van der Waals surface area contributed by atoms with Gasteiger partial charge in [0, 0.05) is 63.7 Å². The van der Waals surface area contributed by atoms with E-state index in [1.165, 1.54) is 114 Å². The Kier molecular flexibility index (Phi) is 21.3. The molecule has 0 spiro atoms. The lowest BCUT2D eigenvalue weighted by molar-refractivity contribution is -0.133. The summed E-state index contributed by atoms with van der Waals surface area (Å²) in [6, 6.07) is 0. The summed E-state index contributed by atoms with van der Waals surface area (Å²) in [6.45, 7) is 32.2. The fourth-order valence-electron chi connectivity index (χ4n) is 12.2. The maximum Gasteiger partial charge on any atom is 0.266 e. The summed E-state index contributed by atoms with van der Waals surface area (Å²) in [5, 5.41) is 21.8. The Morgan fingerprint density at radius 1 is 0.507 bits per heavy atom. The quantitative estimate of drug-likeness (QED) is 0.0580. The Bertz CT molecular complexity index is 2390. The van der Waals surface area contributed by atoms with E-state index in [2.05, 4.69) is 98.2 Å². The number of amides is 2. The van der Waals surface area contributed by atoms with Crippen LogP contribution < -0.4 is 26.1 Å². The van der Waals surface area contributed by atoms with E-state index < -0.39 is 41.4 Å². The first-order valence-corrected chi connectivity index (χ1v) is 30.2. The molecular formula is C55H94N8O8S2. The maximum atomic E-state index is 13.8. The Morgan fingerprint density at radius 3 is 1.12 bits per heavy atom. The first-order chi connectivity index (χ1) is 34.3. The highest BCUT2D eigenvalue weighted by molar-refractivity contribution is 7.91. The van der Waals surface area contributed by atoms with E-state index in [0.717, 1.165) is 24.7 Å². The topological polar surface area (TPSA) is 195 Å². The van der Waals surface area contributed by atoms with Gasteiger partial charge in [0.15, 0.2) is 9.49 Å². The Morgan fingerprint density at radius 2 is 0.822 bits per heavy atom. The van der Waals surface area contributed by atoms with Crippen LogP contribution in [0, 0.1) is 67.2 Å². The summed E-state index contributed by atoms with van der Waals surface area (Å²) in [5.74, 6) is -0.163. The van der Waals surface area contributed by atoms with Crippen molar-refractivity contribution < 1.29 is 36.8 Å². The van der Waals surface area contributed by atoms with Gasteiger partial charge in [-0.05, 0) is 207 Å². The average molecular weight is 1060 g/mol. The number of hydrogen-bond acceptors (Lipinski definition) is 12. The number of likely N-dealkylation sites (tertiary alicyclic amines) is 1. The molecule has 4 saturated heterocycles. The largest absolute Gasteiger partial charge is 0.368 e. The Hall–Kier alpha value is -3.36. The van der Waals surface area contributed by atoms with E-state index in [1.54, 1.807) is 11.0 Å². The highest BCUT2D eigenvalue weighted by Gasteiger charge is 2.56. The van der Waals surface area contributed by atoms with Crippen LogP contribution >= 0.6 is 0 Å². The minimum Gasteiger partial charge on any atom is -0.368 e. The molecule has 6 rings (SSSR count). The number of carbonyl (C=O) groups excluding carboxylic acids is 2. The molecule has 4 aliphatic heterocycles. The van der Waals surface area contributed by atoms with Crippen molar-refractivity contribution in [1.82, 2.24) is 29.8 Å². The van der Waals surface area contributed by atoms with Gasteiger partial charge in [-0.2, -0.15) is 8.61 Å². The van der Waals surface area contributed by atoms with Crippen LogP contribution in [0.3, 0.4) is 0 Å². The molecule has 0 saturated carbocycles. The van der Waals surface area contributed by atoms with Crippen molar-refractivity contribution in [3.63, 3.8) is 0 Å². The third kappa shape index (κ3) is 12.7. The third-order valence-electron chi connectivity index (χ3n) is 17.4. The highest BCUT2D eigenvalue weighted by Crippen LogP contribution is 2.40. The van der Waals surface area contributed by atoms with Gasteiger partial charge in [0.1, 0.15) is 0 Å². The van der Waals surface area contributed by atoms with Gasteiger partial charge in [0.2, 0.25) is 20.0 Å². The molecule has 16 nitrogen and oxygen atoms in total. The molecule has 2 amide bonds. The molecule has 18 heteroatoms. The van der Waals surface area contributed by atoms with Crippen molar-refractivity contribution in [2.24, 2.45) is 11.8 Å². The number of nitrogens with zero attached hydrogens (tertiary/aromatic N) is 5. The second-order valence-corrected chi connectivity index (χ2v) is 27.1. The highest BCUT2D eigenvalue weighted by atomic mass is 32.2. The van der Waals surface area contributed by atoms with E-state index in [0.29, 0.717) is 78.5 Å². The number of hydroxylamine groups is 2. The molecule has 414 valence electrons. The maximum absolute atomic E-state index is 13.8. The molecule has 0 radical (unpaired) electrons. The second kappa shape index (κ2) is 25.7. The smallest absolute Gasteiger partial charge is 0.266 e. The monoisotopic (exact) mass is 1060 g/mol. The van der Waals surface area contributed by atoms with E-state index in [1.807, 2.05) is 11.9 Å². The zero-order valence-electron chi connectivity index (χ0n) is 47.0. The normalized spacial score (nSPS) is 19.2. The number of anilines is 2. The van der Waals surface area contributed by atoms with Crippen molar-refractivity contribution in [2.75, 3.05) is 95.4 Å². The summed E-state index contributed by atoms with van der Waals surface area (Å²) in [7, 11) is -5.96. The Balaban J connectivity index is 0.000000271. The number of benzene rings is 2. The summed E-state index contributed by atoms with van der Waals surface area (Å²) in [4.78, 5) is 31.9. The molecule has 0 unspecified atom stereocenters. The minimum atomic E-state index is -3.94. The number of hydrogen-bond donors (Lipinski definition) is 5. The number of unbranched alkanes of at least 4 members (excludes halogenated alkanes) is 2. The van der Waals surface area contributed by atoms with Crippen LogP contribution in [-0.2, 0) is 42.5 Å². The van der Waals surface area contributed by atoms with Crippen molar-refractivity contribution in [3.05, 3.63) is 55.6 Å². The minimum absolute atomic E-state index is 0.150. The average Bonchev–Trinajstić information content (AvgIpc) is 3.37. The fourth-order valence-corrected chi connectivity index (χ4v) is 16.4. The van der Waals surface area contributed by atoms with Crippen LogP contribution in [0.25, 0.3) is 0 Å². The number of carbonyl (C=O) groups is 2. The molecule has 4 fully saturated rings. The zero-order chi connectivity index (χ0) is 54.2. The molecule has 5 N–H and O–H groups in total. The van der Waals surface area contributed by atoms with Crippen LogP contribution in [0.4, 0.5) is 11.4 Å². The van der Waals surface area contributed by atoms with Gasteiger partial charge >= 0.3 is 0 Å². The van der Waals surface area contributed by atoms with Crippen LogP contribution in [0.2, 0.25) is 0 Å². The SMILES string of the molecule is Cc1c(C)c(N2CCN(S(=O)(=O)C3(C(=O)NO)CCN(C)CC3)CC2)c(C)c(C)c1CCCCC(C)C.Cc1c(C)c(N2CCN(S(=O)(=O)C3(C(=O)NO)CCNCC3)CC2)c(C)c(C)c1CCCCC(C)C. The van der Waals surface area contributed by atoms with Crippen LogP contribution in [0.5, 0.6) is 0 Å². The summed E-state index contributed by atoms with van der Waals surface area (Å²) >= 11 is 0. The summed E-state index contributed by atoms with van der Waals surface area (Å²) < 4.78 is 54.6. The number of piperazine rings is 2. The molecule has 0 atom stereocenters. The van der Waals surface area contributed by atoms with Gasteiger partial charge in [-0.15, -0.1) is 0 Å². The van der Waals surface area contributed by atoms with Gasteiger partial charge in [-0.25, -0.2) is 27.8 Å². The first-order valence-electron chi connectivity index (χ1n) is 27.3. The first kappa shape index (κ1) is 60.5. The van der Waals surface area contributed by atoms with Gasteiger partial charge < -0.3 is 20.0 Å². The summed E-state index contributed by atoms with van der Waals surface area (Å²) in [6.07, 6.45) is 10.3. The van der Waals surface area contributed by atoms with Crippen LogP contribution in [0.1, 0.15) is 148 Å². The number of sulfonamides is 2. The van der Waals surface area contributed by atoms with Crippen molar-refractivity contribution in [3.8, 4) is 0 Å². The zero-order valence-corrected chi connectivity index (χ0v) is 48.7. The van der Waals surface area contributed by atoms with Crippen LogP contribution in [-0.4, -0.2) is 148 Å². The molecule has 0 aliphatic carbocycles. The molecule has 4 heterocycles. The lowest BCUT2D eigenvalue weighted by Crippen LogP contribution is -2.63. The van der Waals surface area contributed by atoms with Crippen molar-refractivity contribution in [1.29, 1.82) is 0 Å². The molecule has 0 aromatic heterocycles. The number of piperidine rings is 2. The molecule has 2 aromatic carbocycles. The molecular weight excluding hydrogens is 965 g/mol. The number of rotatable bonds is 18. The standard InChI is InChI=1S/C28H48N4O4S.C27H46N4O4S/c1-20(2)10-8-9-11-25-21(3)23(5)26(24(6)22(25)4)31-16-18-32(19-17-31)37(35,36)28(27(33)29-34)12-14-30(7)15-13-28;1-19(2)9-7-8-10-24-20(3)22(5)25(23(6)21(24)4)30-15-17-31(18-16-30)36(34,35)27(26(32)29-33)11-13-28-14-12-27/h20,34H,8-19H2,1-7H3,(H,29,33);19,28,33H,7-18H2,1-6H3,(H,29,32). The lowest BCUT2D eigenvalue weighted by atomic mass is 9.88. The lowest BCUT2D eigenvalue weighted by Gasteiger charge is -2.44. The predicted molar refractivity (Wildman–Crippen MR) is 295 cm³/mol. The molecule has 73 heavy (non-hydrogen) atoms. The molecule has 0 bridgehead atoms. The number of nitrogens with one attached hydrogen (secondary N) is 3. The second-order valence-electron chi connectivity index (χ2n) is 22.6. The molecule has 2 aromatic rings. The van der Waals surface area contributed by atoms with E-state index in [4.69, 9.17) is 0 Å². The third-order valence-corrected chi connectivity index (χ3v) is 22.7. The van der Waals surface area contributed by atoms with Gasteiger partial charge in [-0.1, -0.05) is 53.4 Å². The van der Waals surface area contributed by atoms with E-state index in [-0.39, 0.29) is 25.7 Å². The Labute approximate surface area is 440 Å². The van der Waals surface area contributed by atoms with Crippen molar-refractivity contribution in [2.45, 2.75) is 170 Å². The molecule has 4 aliphatic rings. The van der Waals surface area contributed by atoms with Crippen LogP contribution in [0.15, 0.2) is 0 Å². The van der Waals surface area contributed by atoms with E-state index in [9.17, 15) is 36.8 Å². The van der Waals surface area contributed by atoms with Crippen molar-refractivity contribution >= 4 is 43.2 Å². The van der Waals surface area contributed by atoms with Gasteiger partial charge in [0.05, 0.1) is 0 Å². The van der Waals surface area contributed by atoms with Gasteiger partial charge in [-0.3, -0.25) is 20.0 Å². The van der Waals surface area contributed by atoms with Gasteiger partial charge in [0.25, 0.3) is 11.8 Å². The fraction of sp³-hybridized carbons (Fsp3) is 0.745. The van der Waals surface area contributed by atoms with E-state index >= 15 is 0 Å². The predicted octanol–water partition coefficient (Wildman–Crippen LogP) is 7.08. The summed E-state index contributed by atoms with van der Waals surface area (Å²) in [5.41, 5.74) is 19.2.